The molecule has 0 heterocycles. The summed E-state index contributed by atoms with van der Waals surface area (Å²) in [7, 11) is 1.73. The number of benzene rings is 1. The van der Waals surface area contributed by atoms with Crippen molar-refractivity contribution in [3.05, 3.63) is 96.5 Å². The molecule has 0 bridgehead atoms. The number of aliphatic imine (C=N–C) groups is 2. The summed E-state index contributed by atoms with van der Waals surface area (Å²) in [5, 5.41) is 13.2. The number of allylic oxidation sites excluding steroid dienone is 5. The molecule has 3 N–H and O–H groups in total. The van der Waals surface area contributed by atoms with Crippen molar-refractivity contribution < 1.29 is 4.39 Å². The molecule has 0 fully saturated rings. The summed E-state index contributed by atoms with van der Waals surface area (Å²) in [4.78, 5) is 8.37. The van der Waals surface area contributed by atoms with E-state index in [0.29, 0.717) is 11.5 Å². The summed E-state index contributed by atoms with van der Waals surface area (Å²) in [6.45, 7) is 9.15. The summed E-state index contributed by atoms with van der Waals surface area (Å²) in [5.74, 6) is 0.225. The molecule has 0 aromatic heterocycles. The van der Waals surface area contributed by atoms with Gasteiger partial charge in [-0.15, -0.1) is 0 Å². The van der Waals surface area contributed by atoms with Gasteiger partial charge in [0.25, 0.3) is 0 Å². The third kappa shape index (κ3) is 8.34. The van der Waals surface area contributed by atoms with Gasteiger partial charge in [-0.25, -0.2) is 9.38 Å². The molecule has 1 aromatic rings. The fourth-order valence-electron chi connectivity index (χ4n) is 2.54. The Hall–Kier alpha value is -3.54. The quantitative estimate of drug-likeness (QED) is 0.351. The Balaban J connectivity index is 3.56. The van der Waals surface area contributed by atoms with Gasteiger partial charge in [0.1, 0.15) is 11.6 Å². The molecule has 0 saturated heterocycles. The van der Waals surface area contributed by atoms with Crippen molar-refractivity contribution in [3.63, 3.8) is 0 Å². The molecule has 1 atom stereocenters. The molecule has 0 spiro atoms. The zero-order valence-electron chi connectivity index (χ0n) is 16.9. The van der Waals surface area contributed by atoms with Gasteiger partial charge in [0.2, 0.25) is 0 Å². The number of nitrogens with one attached hydrogen (secondary N) is 3. The molecule has 0 amide bonds. The van der Waals surface area contributed by atoms with Gasteiger partial charge in [0, 0.05) is 31.6 Å². The van der Waals surface area contributed by atoms with Crippen LogP contribution in [0.2, 0.25) is 0 Å². The Kier molecular flexibility index (Phi) is 11.0. The monoisotopic (exact) mass is 393 g/mol. The lowest BCUT2D eigenvalue weighted by molar-refractivity contribution is 0.623. The highest BCUT2D eigenvalue weighted by atomic mass is 19.1. The third-order valence-corrected chi connectivity index (χ3v) is 3.95. The molecule has 1 rings (SSSR count). The summed E-state index contributed by atoms with van der Waals surface area (Å²) >= 11 is 0. The minimum absolute atomic E-state index is 0.0193. The average molecular weight is 394 g/mol. The summed E-state index contributed by atoms with van der Waals surface area (Å²) in [6.07, 6.45) is 13.9. The molecule has 0 radical (unpaired) electrons. The van der Waals surface area contributed by atoms with Crippen LogP contribution in [-0.4, -0.2) is 25.7 Å². The van der Waals surface area contributed by atoms with E-state index in [1.807, 2.05) is 25.1 Å². The van der Waals surface area contributed by atoms with Crippen LogP contribution in [0.3, 0.4) is 0 Å². The average Bonchev–Trinajstić information content (AvgIpc) is 2.73. The van der Waals surface area contributed by atoms with Crippen LogP contribution in [0.5, 0.6) is 0 Å². The summed E-state index contributed by atoms with van der Waals surface area (Å²) in [6, 6.07) is 6.59. The van der Waals surface area contributed by atoms with E-state index in [2.05, 4.69) is 33.9 Å². The largest absolute Gasteiger partial charge is 0.373 e. The molecular formula is C23H28FN5. The smallest absolute Gasteiger partial charge is 0.127 e. The first-order valence-corrected chi connectivity index (χ1v) is 9.20. The van der Waals surface area contributed by atoms with Crippen molar-refractivity contribution in [2.75, 3.05) is 7.05 Å². The Labute approximate surface area is 172 Å². The van der Waals surface area contributed by atoms with Crippen LogP contribution in [0, 0.1) is 11.2 Å². The lowest BCUT2D eigenvalue weighted by atomic mass is 9.92. The molecule has 1 aromatic carbocycles. The van der Waals surface area contributed by atoms with E-state index in [0.717, 1.165) is 23.8 Å². The molecule has 0 aliphatic rings. The second-order valence-electron chi connectivity index (χ2n) is 5.86. The lowest BCUT2D eigenvalue weighted by Gasteiger charge is -2.14. The predicted molar refractivity (Wildman–Crippen MR) is 122 cm³/mol. The van der Waals surface area contributed by atoms with E-state index >= 15 is 0 Å². The van der Waals surface area contributed by atoms with Crippen molar-refractivity contribution in [2.45, 2.75) is 19.3 Å². The van der Waals surface area contributed by atoms with Crippen molar-refractivity contribution >= 4 is 18.6 Å². The molecule has 0 aliphatic carbocycles. The van der Waals surface area contributed by atoms with E-state index in [-0.39, 0.29) is 11.7 Å². The fraction of sp³-hybridized carbons (Fsp3) is 0.174. The minimum Gasteiger partial charge on any atom is -0.373 e. The van der Waals surface area contributed by atoms with Crippen LogP contribution in [0.1, 0.15) is 24.8 Å². The molecule has 29 heavy (non-hydrogen) atoms. The van der Waals surface area contributed by atoms with Crippen molar-refractivity contribution in [1.29, 1.82) is 5.41 Å². The Bertz CT molecular complexity index is 847. The van der Waals surface area contributed by atoms with Crippen LogP contribution in [0.15, 0.2) is 95.1 Å². The van der Waals surface area contributed by atoms with Crippen molar-refractivity contribution in [2.24, 2.45) is 9.98 Å². The highest BCUT2D eigenvalue weighted by Crippen LogP contribution is 2.24. The maximum atomic E-state index is 13.7. The predicted octanol–water partition coefficient (Wildman–Crippen LogP) is 4.86. The van der Waals surface area contributed by atoms with Crippen LogP contribution in [0.4, 0.5) is 4.39 Å². The van der Waals surface area contributed by atoms with Gasteiger partial charge in [0.15, 0.2) is 0 Å². The Morgan fingerprint density at radius 3 is 2.72 bits per heavy atom. The number of halogens is 1. The highest BCUT2D eigenvalue weighted by molar-refractivity contribution is 6.11. The Morgan fingerprint density at radius 1 is 1.34 bits per heavy atom. The first kappa shape index (κ1) is 23.5. The van der Waals surface area contributed by atoms with Crippen molar-refractivity contribution in [3.8, 4) is 0 Å². The van der Waals surface area contributed by atoms with Crippen LogP contribution < -0.4 is 10.6 Å². The number of rotatable bonds is 12. The van der Waals surface area contributed by atoms with E-state index in [1.165, 1.54) is 6.07 Å². The molecule has 5 nitrogen and oxygen atoms in total. The van der Waals surface area contributed by atoms with Crippen LogP contribution in [-0.2, 0) is 0 Å². The first-order chi connectivity index (χ1) is 14.1. The van der Waals surface area contributed by atoms with Gasteiger partial charge in [-0.2, -0.15) is 0 Å². The number of nitrogens with zero attached hydrogens (tertiary/aromatic N) is 2. The Morgan fingerprint density at radius 2 is 2.14 bits per heavy atom. The summed E-state index contributed by atoms with van der Waals surface area (Å²) < 4.78 is 13.7. The van der Waals surface area contributed by atoms with Gasteiger partial charge >= 0.3 is 0 Å². The van der Waals surface area contributed by atoms with E-state index < -0.39 is 0 Å². The van der Waals surface area contributed by atoms with E-state index in [9.17, 15) is 4.39 Å². The van der Waals surface area contributed by atoms with Gasteiger partial charge in [0.05, 0.1) is 5.71 Å². The zero-order valence-corrected chi connectivity index (χ0v) is 16.9. The minimum atomic E-state index is -0.268. The molecule has 152 valence electrons. The molecule has 1 unspecified atom stereocenters. The normalized spacial score (nSPS) is 14.1. The van der Waals surface area contributed by atoms with Gasteiger partial charge in [-0.3, -0.25) is 4.99 Å². The maximum Gasteiger partial charge on any atom is 0.127 e. The third-order valence-electron chi connectivity index (χ3n) is 3.95. The van der Waals surface area contributed by atoms with Crippen molar-refractivity contribution in [1.82, 2.24) is 10.6 Å². The van der Waals surface area contributed by atoms with E-state index in [1.54, 1.807) is 49.9 Å². The topological polar surface area (TPSA) is 72.6 Å². The summed E-state index contributed by atoms with van der Waals surface area (Å²) in [5.41, 5.74) is 2.28. The SMILES string of the molecule is C=CN\C=C/C(=C\C(CC)c1cccc(F)c1)C(/C=C\N=C)=N\C(=C\C=N)NC. The molecular weight excluding hydrogens is 365 g/mol. The number of hydrogen-bond donors (Lipinski definition) is 3. The molecule has 0 aliphatic heterocycles. The van der Waals surface area contributed by atoms with Gasteiger partial charge in [-0.05, 0) is 60.8 Å². The van der Waals surface area contributed by atoms with E-state index in [4.69, 9.17) is 5.41 Å². The molecule has 0 saturated carbocycles. The highest BCUT2D eigenvalue weighted by Gasteiger charge is 2.11. The molecule has 6 heteroatoms. The van der Waals surface area contributed by atoms with Crippen LogP contribution >= 0.6 is 0 Å². The second-order valence-corrected chi connectivity index (χ2v) is 5.86. The first-order valence-electron chi connectivity index (χ1n) is 9.20. The van der Waals surface area contributed by atoms with Gasteiger partial charge < -0.3 is 16.0 Å². The van der Waals surface area contributed by atoms with Crippen LogP contribution in [0.25, 0.3) is 0 Å². The zero-order chi connectivity index (χ0) is 21.5. The second kappa shape index (κ2) is 13.6. The van der Waals surface area contributed by atoms with Gasteiger partial charge in [-0.1, -0.05) is 31.7 Å². The fourth-order valence-corrected chi connectivity index (χ4v) is 2.54. The lowest BCUT2D eigenvalue weighted by Crippen LogP contribution is -2.09. The number of hydrogen-bond acceptors (Lipinski definition) is 5. The standard InChI is InChI=1S/C23H28FN5/c1-5-18(19-8-7-9-21(24)17-19)16-20(11-15-28-6-2)22(12-14-26-3)29-23(27-4)10-13-25/h6-18,25,27-28H,2-3,5H2,1,4H3/b14-12-,15-11-,20-16+,23-10+,25-13?,29-22-. The maximum absolute atomic E-state index is 13.7.